The molecule has 2 aromatic rings. The van der Waals surface area contributed by atoms with Gasteiger partial charge in [-0.05, 0) is 101 Å². The molecule has 2 aromatic carbocycles. The number of para-hydroxylation sites is 2. The molecule has 5 rings (SSSR count). The second-order valence-corrected chi connectivity index (χ2v) is 11.3. The predicted molar refractivity (Wildman–Crippen MR) is 144 cm³/mol. The van der Waals surface area contributed by atoms with Crippen molar-refractivity contribution in [3.05, 3.63) is 47.5 Å². The van der Waals surface area contributed by atoms with Crippen LogP contribution in [0.25, 0.3) is 0 Å². The van der Waals surface area contributed by atoms with Crippen molar-refractivity contribution in [2.45, 2.75) is 90.6 Å². The monoisotopic (exact) mass is 461 g/mol. The van der Waals surface area contributed by atoms with Gasteiger partial charge in [0, 0.05) is 30.6 Å². The largest absolute Gasteiger partial charge is 0.506 e. The molecule has 2 fully saturated rings. The number of hydrogen-bond donors (Lipinski definition) is 2. The first-order chi connectivity index (χ1) is 16.3. The van der Waals surface area contributed by atoms with E-state index < -0.39 is 0 Å². The van der Waals surface area contributed by atoms with Crippen molar-refractivity contribution in [2.75, 3.05) is 29.9 Å². The van der Waals surface area contributed by atoms with E-state index in [-0.39, 0.29) is 10.8 Å². The summed E-state index contributed by atoms with van der Waals surface area (Å²) < 4.78 is 0. The maximum atomic E-state index is 11.3. The highest BCUT2D eigenvalue weighted by molar-refractivity contribution is 5.78. The molecule has 4 nitrogen and oxygen atoms in total. The molecule has 2 bridgehead atoms. The van der Waals surface area contributed by atoms with Gasteiger partial charge in [0.15, 0.2) is 0 Å². The third kappa shape index (κ3) is 3.44. The highest BCUT2D eigenvalue weighted by Crippen LogP contribution is 2.63. The Morgan fingerprint density at radius 3 is 2.53 bits per heavy atom. The number of anilines is 3. The van der Waals surface area contributed by atoms with E-state index in [1.165, 1.54) is 55.5 Å². The van der Waals surface area contributed by atoms with Crippen LogP contribution in [0.3, 0.4) is 0 Å². The number of hydrogen-bond acceptors (Lipinski definition) is 4. The van der Waals surface area contributed by atoms with E-state index in [0.717, 1.165) is 30.9 Å². The Labute approximate surface area is 206 Å². The fourth-order valence-corrected chi connectivity index (χ4v) is 7.84. The SMILES string of the molecule is CCN(CC)c1ccccc1Nc1cc2c(cc1O)C13CCCCC1(C)C(C2)N(C(C)C)CC3. The number of rotatable bonds is 6. The van der Waals surface area contributed by atoms with Crippen LogP contribution in [-0.4, -0.2) is 41.7 Å². The number of benzene rings is 2. The summed E-state index contributed by atoms with van der Waals surface area (Å²) in [7, 11) is 0. The maximum absolute atomic E-state index is 11.3. The molecular formula is C30H43N3O. The molecule has 1 saturated heterocycles. The zero-order chi connectivity index (χ0) is 24.1. The second-order valence-electron chi connectivity index (χ2n) is 11.3. The normalized spacial score (nSPS) is 28.4. The first-order valence-electron chi connectivity index (χ1n) is 13.6. The van der Waals surface area contributed by atoms with Gasteiger partial charge in [0.1, 0.15) is 5.75 Å². The number of phenols is 1. The lowest BCUT2D eigenvalue weighted by molar-refractivity contribution is -0.0941. The van der Waals surface area contributed by atoms with E-state index in [1.807, 2.05) is 0 Å². The molecule has 184 valence electrons. The third-order valence-electron chi connectivity index (χ3n) is 9.67. The highest BCUT2D eigenvalue weighted by atomic mass is 16.3. The lowest BCUT2D eigenvalue weighted by Crippen LogP contribution is -2.67. The molecule has 0 spiro atoms. The van der Waals surface area contributed by atoms with E-state index in [1.54, 1.807) is 0 Å². The lowest BCUT2D eigenvalue weighted by Gasteiger charge is -2.66. The van der Waals surface area contributed by atoms with Crippen molar-refractivity contribution < 1.29 is 5.11 Å². The van der Waals surface area contributed by atoms with Crippen molar-refractivity contribution in [1.82, 2.24) is 4.90 Å². The molecule has 0 radical (unpaired) electrons. The summed E-state index contributed by atoms with van der Waals surface area (Å²) in [6.45, 7) is 14.8. The van der Waals surface area contributed by atoms with Gasteiger partial charge in [-0.3, -0.25) is 4.90 Å². The molecule has 0 amide bonds. The van der Waals surface area contributed by atoms with Crippen LogP contribution in [0.1, 0.15) is 77.8 Å². The van der Waals surface area contributed by atoms with E-state index in [4.69, 9.17) is 0 Å². The van der Waals surface area contributed by atoms with Gasteiger partial charge < -0.3 is 15.3 Å². The Kier molecular flexibility index (Phi) is 6.08. The Bertz CT molecular complexity index is 1050. The molecule has 34 heavy (non-hydrogen) atoms. The molecule has 1 heterocycles. The number of nitrogens with one attached hydrogen (secondary N) is 1. The summed E-state index contributed by atoms with van der Waals surface area (Å²) in [6.07, 6.45) is 7.50. The third-order valence-corrected chi connectivity index (χ3v) is 9.67. The van der Waals surface area contributed by atoms with Crippen LogP contribution in [0.15, 0.2) is 36.4 Å². The van der Waals surface area contributed by atoms with Crippen LogP contribution in [-0.2, 0) is 11.8 Å². The summed E-state index contributed by atoms with van der Waals surface area (Å²) in [5.74, 6) is 0.389. The molecule has 1 saturated carbocycles. The Balaban J connectivity index is 1.58. The smallest absolute Gasteiger partial charge is 0.139 e. The zero-order valence-corrected chi connectivity index (χ0v) is 21.8. The van der Waals surface area contributed by atoms with Gasteiger partial charge in [0.05, 0.1) is 17.1 Å². The van der Waals surface area contributed by atoms with Gasteiger partial charge in [0.25, 0.3) is 0 Å². The number of fused-ring (bicyclic) bond motifs is 1. The average molecular weight is 462 g/mol. The van der Waals surface area contributed by atoms with E-state index in [9.17, 15) is 5.11 Å². The molecule has 3 aliphatic rings. The minimum absolute atomic E-state index is 0.198. The van der Waals surface area contributed by atoms with E-state index >= 15 is 0 Å². The fraction of sp³-hybridized carbons (Fsp3) is 0.600. The Morgan fingerprint density at radius 2 is 1.79 bits per heavy atom. The lowest BCUT2D eigenvalue weighted by atomic mass is 9.44. The average Bonchev–Trinajstić information content (AvgIpc) is 2.82. The van der Waals surface area contributed by atoms with Crippen molar-refractivity contribution in [3.8, 4) is 5.75 Å². The predicted octanol–water partition coefficient (Wildman–Crippen LogP) is 6.84. The van der Waals surface area contributed by atoms with Crippen LogP contribution in [0.4, 0.5) is 17.1 Å². The van der Waals surface area contributed by atoms with Gasteiger partial charge in [0.2, 0.25) is 0 Å². The number of likely N-dealkylation sites (tertiary alicyclic amines) is 1. The molecule has 4 heteroatoms. The standard InChI is InChI=1S/C30H43N3O/c1-6-32(7-2)26-13-9-8-12-24(26)31-25-18-22-19-28-29(5)14-10-11-15-30(29,23(22)20-27(25)34)16-17-33(28)21(3)4/h8-9,12-13,18,20-21,28,31,34H,6-7,10-11,14-17,19H2,1-5H3. The summed E-state index contributed by atoms with van der Waals surface area (Å²) in [6, 6.07) is 14.0. The van der Waals surface area contributed by atoms with Gasteiger partial charge in [-0.25, -0.2) is 0 Å². The van der Waals surface area contributed by atoms with Crippen LogP contribution in [0.2, 0.25) is 0 Å². The highest BCUT2D eigenvalue weighted by Gasteiger charge is 2.61. The minimum atomic E-state index is 0.198. The molecule has 2 aliphatic carbocycles. The van der Waals surface area contributed by atoms with Crippen molar-refractivity contribution in [1.29, 1.82) is 0 Å². The van der Waals surface area contributed by atoms with Crippen LogP contribution in [0.5, 0.6) is 5.75 Å². The Morgan fingerprint density at radius 1 is 1.06 bits per heavy atom. The summed E-state index contributed by atoms with van der Waals surface area (Å²) >= 11 is 0. The summed E-state index contributed by atoms with van der Waals surface area (Å²) in [5, 5.41) is 14.9. The summed E-state index contributed by atoms with van der Waals surface area (Å²) in [4.78, 5) is 5.14. The molecule has 0 aromatic heterocycles. The Hall–Kier alpha value is -2.20. The molecule has 3 unspecified atom stereocenters. The van der Waals surface area contributed by atoms with Crippen molar-refractivity contribution in [3.63, 3.8) is 0 Å². The van der Waals surface area contributed by atoms with E-state index in [0.29, 0.717) is 17.8 Å². The second kappa shape index (κ2) is 8.78. The molecule has 2 N–H and O–H groups in total. The number of phenolic OH excluding ortho intramolecular Hbond substituents is 1. The first-order valence-corrected chi connectivity index (χ1v) is 13.6. The minimum Gasteiger partial charge on any atom is -0.506 e. The zero-order valence-electron chi connectivity index (χ0n) is 21.8. The maximum Gasteiger partial charge on any atom is 0.139 e. The van der Waals surface area contributed by atoms with Crippen LogP contribution >= 0.6 is 0 Å². The topological polar surface area (TPSA) is 38.7 Å². The number of nitrogens with zero attached hydrogens (tertiary/aromatic N) is 2. The quantitative estimate of drug-likeness (QED) is 0.462. The van der Waals surface area contributed by atoms with Gasteiger partial charge in [-0.1, -0.05) is 31.9 Å². The van der Waals surface area contributed by atoms with E-state index in [2.05, 4.69) is 86.1 Å². The number of piperidine rings is 1. The molecular weight excluding hydrogens is 418 g/mol. The van der Waals surface area contributed by atoms with Gasteiger partial charge >= 0.3 is 0 Å². The van der Waals surface area contributed by atoms with Crippen LogP contribution in [0, 0.1) is 5.41 Å². The van der Waals surface area contributed by atoms with Crippen molar-refractivity contribution >= 4 is 17.1 Å². The first kappa shape index (κ1) is 23.5. The summed E-state index contributed by atoms with van der Waals surface area (Å²) in [5.41, 5.74) is 6.45. The van der Waals surface area contributed by atoms with Gasteiger partial charge in [-0.15, -0.1) is 0 Å². The van der Waals surface area contributed by atoms with Crippen molar-refractivity contribution in [2.24, 2.45) is 5.41 Å². The fourth-order valence-electron chi connectivity index (χ4n) is 7.84. The molecule has 1 aliphatic heterocycles. The van der Waals surface area contributed by atoms with Gasteiger partial charge in [-0.2, -0.15) is 0 Å². The van der Waals surface area contributed by atoms with Crippen LogP contribution < -0.4 is 10.2 Å². The number of aromatic hydroxyl groups is 1. The molecule has 3 atom stereocenters.